The molecule has 1 spiro atoms. The number of amides is 1. The lowest BCUT2D eigenvalue weighted by molar-refractivity contribution is -0.139. The van der Waals surface area contributed by atoms with Crippen molar-refractivity contribution in [3.63, 3.8) is 0 Å². The lowest BCUT2D eigenvalue weighted by Crippen LogP contribution is -2.71. The summed E-state index contributed by atoms with van der Waals surface area (Å²) in [5.41, 5.74) is 0.268. The van der Waals surface area contributed by atoms with Gasteiger partial charge in [0.2, 0.25) is 5.91 Å². The molecule has 0 aromatic heterocycles. The molecule has 0 aliphatic carbocycles. The molecule has 3 saturated heterocycles. The molecular formula is C12H21N3O. The Morgan fingerprint density at radius 3 is 2.88 bits per heavy atom. The highest BCUT2D eigenvalue weighted by Gasteiger charge is 2.47. The van der Waals surface area contributed by atoms with Crippen LogP contribution in [0.15, 0.2) is 0 Å². The average molecular weight is 223 g/mol. The first-order chi connectivity index (χ1) is 7.82. The van der Waals surface area contributed by atoms with E-state index < -0.39 is 0 Å². The quantitative estimate of drug-likeness (QED) is 0.612. The molecule has 0 saturated carbocycles. The molecule has 1 amide bonds. The minimum Gasteiger partial charge on any atom is -0.353 e. The summed E-state index contributed by atoms with van der Waals surface area (Å²) in [5, 5.41) is 6.56. The minimum absolute atomic E-state index is 0.167. The smallest absolute Gasteiger partial charge is 0.237 e. The summed E-state index contributed by atoms with van der Waals surface area (Å²) >= 11 is 0. The van der Waals surface area contributed by atoms with Gasteiger partial charge in [-0.3, -0.25) is 9.69 Å². The zero-order chi connectivity index (χ0) is 11.0. The topological polar surface area (TPSA) is 44.4 Å². The van der Waals surface area contributed by atoms with E-state index in [-0.39, 0.29) is 17.5 Å². The highest BCUT2D eigenvalue weighted by atomic mass is 16.2. The van der Waals surface area contributed by atoms with Gasteiger partial charge in [0.1, 0.15) is 0 Å². The van der Waals surface area contributed by atoms with Crippen LogP contribution in [0.4, 0.5) is 0 Å². The Morgan fingerprint density at radius 1 is 1.25 bits per heavy atom. The van der Waals surface area contributed by atoms with E-state index in [9.17, 15) is 4.79 Å². The van der Waals surface area contributed by atoms with E-state index in [2.05, 4.69) is 15.5 Å². The monoisotopic (exact) mass is 223 g/mol. The summed E-state index contributed by atoms with van der Waals surface area (Å²) < 4.78 is 0. The van der Waals surface area contributed by atoms with Crippen LogP contribution in [0, 0.1) is 0 Å². The molecule has 2 N–H and O–H groups in total. The van der Waals surface area contributed by atoms with Crippen molar-refractivity contribution in [3.05, 3.63) is 0 Å². The maximum absolute atomic E-state index is 11.9. The van der Waals surface area contributed by atoms with Crippen molar-refractivity contribution in [2.45, 2.75) is 43.7 Å². The molecule has 3 fully saturated rings. The number of nitrogens with one attached hydrogen (secondary N) is 2. The second-order valence-electron chi connectivity index (χ2n) is 5.40. The van der Waals surface area contributed by atoms with E-state index in [1.807, 2.05) is 0 Å². The first-order valence-electron chi connectivity index (χ1n) is 6.57. The molecule has 3 heterocycles. The third-order valence-electron chi connectivity index (χ3n) is 4.54. The average Bonchev–Trinajstić information content (AvgIpc) is 2.36. The number of hydrogen-bond donors (Lipinski definition) is 2. The number of hydrogen-bond acceptors (Lipinski definition) is 3. The molecule has 3 aliphatic rings. The summed E-state index contributed by atoms with van der Waals surface area (Å²) in [6.07, 6.45) is 5.90. The van der Waals surface area contributed by atoms with Gasteiger partial charge in [0, 0.05) is 12.1 Å². The molecule has 0 bridgehead atoms. The number of nitrogens with zero attached hydrogens (tertiary/aromatic N) is 1. The highest BCUT2D eigenvalue weighted by Crippen LogP contribution is 2.34. The third-order valence-corrected chi connectivity index (χ3v) is 4.54. The number of carbonyl (C=O) groups excluding carboxylic acids is 1. The fraction of sp³-hybridized carbons (Fsp3) is 0.917. The van der Waals surface area contributed by atoms with Crippen LogP contribution >= 0.6 is 0 Å². The van der Waals surface area contributed by atoms with Crippen LogP contribution in [-0.4, -0.2) is 48.6 Å². The SMILES string of the molecule is O=C1NCC2(CCNCC2)N2CCCCC12. The maximum Gasteiger partial charge on any atom is 0.237 e. The van der Waals surface area contributed by atoms with E-state index in [1.165, 1.54) is 25.7 Å². The van der Waals surface area contributed by atoms with E-state index in [0.717, 1.165) is 32.6 Å². The molecule has 3 aliphatic heterocycles. The number of rotatable bonds is 0. The Bertz CT molecular complexity index is 286. The zero-order valence-corrected chi connectivity index (χ0v) is 9.80. The second kappa shape index (κ2) is 4.00. The number of fused-ring (bicyclic) bond motifs is 2. The number of carbonyl (C=O) groups is 1. The Hall–Kier alpha value is -0.610. The fourth-order valence-electron chi connectivity index (χ4n) is 3.60. The first-order valence-corrected chi connectivity index (χ1v) is 6.57. The molecule has 4 heteroatoms. The molecule has 1 unspecified atom stereocenters. The molecule has 4 nitrogen and oxygen atoms in total. The number of piperidine rings is 2. The van der Waals surface area contributed by atoms with Crippen molar-refractivity contribution in [1.29, 1.82) is 0 Å². The number of piperazine rings is 1. The second-order valence-corrected chi connectivity index (χ2v) is 5.40. The van der Waals surface area contributed by atoms with E-state index in [4.69, 9.17) is 0 Å². The van der Waals surface area contributed by atoms with Crippen LogP contribution < -0.4 is 10.6 Å². The molecule has 16 heavy (non-hydrogen) atoms. The lowest BCUT2D eigenvalue weighted by Gasteiger charge is -2.54. The van der Waals surface area contributed by atoms with Crippen LogP contribution in [0.5, 0.6) is 0 Å². The van der Waals surface area contributed by atoms with Gasteiger partial charge in [0.25, 0.3) is 0 Å². The van der Waals surface area contributed by atoms with Crippen molar-refractivity contribution in [3.8, 4) is 0 Å². The normalized spacial score (nSPS) is 34.5. The van der Waals surface area contributed by atoms with Gasteiger partial charge in [-0.2, -0.15) is 0 Å². The van der Waals surface area contributed by atoms with Crippen LogP contribution in [-0.2, 0) is 4.79 Å². The van der Waals surface area contributed by atoms with Crippen molar-refractivity contribution >= 4 is 5.91 Å². The Labute approximate surface area is 96.8 Å². The summed E-state index contributed by atoms with van der Waals surface area (Å²) in [6.45, 7) is 4.18. The minimum atomic E-state index is 0.167. The Morgan fingerprint density at radius 2 is 2.06 bits per heavy atom. The van der Waals surface area contributed by atoms with Gasteiger partial charge in [-0.25, -0.2) is 0 Å². The van der Waals surface area contributed by atoms with Gasteiger partial charge in [-0.1, -0.05) is 6.42 Å². The van der Waals surface area contributed by atoms with Crippen LogP contribution in [0.1, 0.15) is 32.1 Å². The van der Waals surface area contributed by atoms with Crippen LogP contribution in [0.2, 0.25) is 0 Å². The zero-order valence-electron chi connectivity index (χ0n) is 9.80. The van der Waals surface area contributed by atoms with E-state index in [1.54, 1.807) is 0 Å². The molecule has 0 radical (unpaired) electrons. The van der Waals surface area contributed by atoms with Gasteiger partial charge in [0.05, 0.1) is 6.04 Å². The maximum atomic E-state index is 11.9. The molecule has 3 rings (SSSR count). The largest absolute Gasteiger partial charge is 0.353 e. The summed E-state index contributed by atoms with van der Waals surface area (Å²) in [4.78, 5) is 14.4. The molecule has 0 aromatic carbocycles. The van der Waals surface area contributed by atoms with E-state index in [0.29, 0.717) is 0 Å². The van der Waals surface area contributed by atoms with Gasteiger partial charge in [-0.05, 0) is 45.3 Å². The standard InChI is InChI=1S/C12H21N3O/c16-11-10-3-1-2-8-15(10)12(9-14-11)4-6-13-7-5-12/h10,13H,1-9H2,(H,14,16). The summed E-state index contributed by atoms with van der Waals surface area (Å²) in [5.74, 6) is 0.267. The first kappa shape index (κ1) is 10.5. The predicted molar refractivity (Wildman–Crippen MR) is 62.2 cm³/mol. The van der Waals surface area contributed by atoms with Gasteiger partial charge in [-0.15, -0.1) is 0 Å². The molecule has 90 valence electrons. The molecule has 0 aromatic rings. The van der Waals surface area contributed by atoms with Crippen molar-refractivity contribution in [2.24, 2.45) is 0 Å². The molecule has 1 atom stereocenters. The van der Waals surface area contributed by atoms with Crippen molar-refractivity contribution in [1.82, 2.24) is 15.5 Å². The fourth-order valence-corrected chi connectivity index (χ4v) is 3.60. The lowest BCUT2D eigenvalue weighted by atomic mass is 9.80. The molecular weight excluding hydrogens is 202 g/mol. The van der Waals surface area contributed by atoms with E-state index >= 15 is 0 Å². The van der Waals surface area contributed by atoms with Crippen LogP contribution in [0.25, 0.3) is 0 Å². The van der Waals surface area contributed by atoms with Gasteiger partial charge >= 0.3 is 0 Å². The third kappa shape index (κ3) is 1.55. The predicted octanol–water partition coefficient (Wildman–Crippen LogP) is 0.0929. The van der Waals surface area contributed by atoms with Gasteiger partial charge in [0.15, 0.2) is 0 Å². The highest BCUT2D eigenvalue weighted by molar-refractivity contribution is 5.83. The Kier molecular flexibility index (Phi) is 2.64. The van der Waals surface area contributed by atoms with Crippen molar-refractivity contribution in [2.75, 3.05) is 26.2 Å². The summed E-state index contributed by atoms with van der Waals surface area (Å²) in [7, 11) is 0. The van der Waals surface area contributed by atoms with Gasteiger partial charge < -0.3 is 10.6 Å². The summed E-state index contributed by atoms with van der Waals surface area (Å²) in [6, 6.07) is 0.167. The Balaban J connectivity index is 1.85. The van der Waals surface area contributed by atoms with Crippen LogP contribution in [0.3, 0.4) is 0 Å². The van der Waals surface area contributed by atoms with Crippen molar-refractivity contribution < 1.29 is 4.79 Å².